The summed E-state index contributed by atoms with van der Waals surface area (Å²) in [4.78, 5) is 0. The third-order valence-corrected chi connectivity index (χ3v) is 4.41. The Labute approximate surface area is 124 Å². The Hall–Kier alpha value is -1.87. The molecule has 0 fully saturated rings. The zero-order valence-electron chi connectivity index (χ0n) is 12.3. The SMILES string of the molecule is COc1ccc2c(c1)CC(O)(c1ccc(C)c(F)c1)CC2. The number of halogens is 1. The molecule has 0 spiro atoms. The fourth-order valence-corrected chi connectivity index (χ4v) is 3.01. The van der Waals surface area contributed by atoms with Crippen LogP contribution in [-0.4, -0.2) is 12.2 Å². The molecule has 1 aliphatic carbocycles. The third-order valence-electron chi connectivity index (χ3n) is 4.41. The number of hydrogen-bond acceptors (Lipinski definition) is 2. The molecular weight excluding hydrogens is 267 g/mol. The molecule has 0 radical (unpaired) electrons. The van der Waals surface area contributed by atoms with Gasteiger partial charge in [0.2, 0.25) is 0 Å². The van der Waals surface area contributed by atoms with Gasteiger partial charge in [0, 0.05) is 6.42 Å². The molecule has 2 nitrogen and oxygen atoms in total. The molecule has 3 rings (SSSR count). The second kappa shape index (κ2) is 5.15. The van der Waals surface area contributed by atoms with Crippen molar-refractivity contribution in [1.29, 1.82) is 0 Å². The monoisotopic (exact) mass is 286 g/mol. The standard InChI is InChI=1S/C18H19FO2/c1-12-3-5-15(10-17(12)19)18(20)8-7-13-4-6-16(21-2)9-14(13)11-18/h3-6,9-10,20H,7-8,11H2,1-2H3. The minimum Gasteiger partial charge on any atom is -0.497 e. The molecule has 1 unspecified atom stereocenters. The summed E-state index contributed by atoms with van der Waals surface area (Å²) in [5.41, 5.74) is 2.55. The van der Waals surface area contributed by atoms with Crippen LogP contribution in [0.2, 0.25) is 0 Å². The number of hydrogen-bond donors (Lipinski definition) is 1. The molecule has 3 heteroatoms. The van der Waals surface area contributed by atoms with Crippen LogP contribution < -0.4 is 4.74 Å². The number of rotatable bonds is 2. The van der Waals surface area contributed by atoms with Crippen molar-refractivity contribution in [2.75, 3.05) is 7.11 Å². The van der Waals surface area contributed by atoms with Crippen LogP contribution in [0.3, 0.4) is 0 Å². The first-order valence-electron chi connectivity index (χ1n) is 7.17. The van der Waals surface area contributed by atoms with E-state index in [1.807, 2.05) is 24.3 Å². The molecule has 1 atom stereocenters. The lowest BCUT2D eigenvalue weighted by Gasteiger charge is -2.34. The molecule has 110 valence electrons. The Bertz CT molecular complexity index is 681. The minimum atomic E-state index is -1.01. The summed E-state index contributed by atoms with van der Waals surface area (Å²) < 4.78 is 19.0. The molecule has 1 aliphatic rings. The zero-order valence-corrected chi connectivity index (χ0v) is 12.3. The molecule has 0 saturated carbocycles. The maximum atomic E-state index is 13.8. The van der Waals surface area contributed by atoms with Crippen molar-refractivity contribution in [3.05, 3.63) is 64.5 Å². The summed E-state index contributed by atoms with van der Waals surface area (Å²) in [6, 6.07) is 11.0. The predicted molar refractivity (Wildman–Crippen MR) is 80.1 cm³/mol. The minimum absolute atomic E-state index is 0.266. The van der Waals surface area contributed by atoms with E-state index in [-0.39, 0.29) is 5.82 Å². The van der Waals surface area contributed by atoms with Gasteiger partial charge in [-0.05, 0) is 60.2 Å². The second-order valence-electron chi connectivity index (χ2n) is 5.81. The van der Waals surface area contributed by atoms with E-state index in [1.165, 1.54) is 11.6 Å². The van der Waals surface area contributed by atoms with Crippen LogP contribution in [0.5, 0.6) is 5.75 Å². The van der Waals surface area contributed by atoms with Gasteiger partial charge in [0.25, 0.3) is 0 Å². The molecule has 21 heavy (non-hydrogen) atoms. The summed E-state index contributed by atoms with van der Waals surface area (Å²) >= 11 is 0. The fraction of sp³-hybridized carbons (Fsp3) is 0.333. The van der Waals surface area contributed by atoms with E-state index in [4.69, 9.17) is 4.74 Å². The van der Waals surface area contributed by atoms with Crippen molar-refractivity contribution in [3.8, 4) is 5.75 Å². The van der Waals surface area contributed by atoms with Crippen LogP contribution in [0, 0.1) is 12.7 Å². The van der Waals surface area contributed by atoms with Gasteiger partial charge in [-0.2, -0.15) is 0 Å². The molecule has 0 amide bonds. The highest BCUT2D eigenvalue weighted by Gasteiger charge is 2.34. The van der Waals surface area contributed by atoms with Crippen molar-refractivity contribution in [2.45, 2.75) is 31.8 Å². The van der Waals surface area contributed by atoms with Crippen LogP contribution in [0.15, 0.2) is 36.4 Å². The average Bonchev–Trinajstić information content (AvgIpc) is 2.49. The van der Waals surface area contributed by atoms with Crippen LogP contribution >= 0.6 is 0 Å². The number of fused-ring (bicyclic) bond motifs is 1. The molecule has 1 N–H and O–H groups in total. The molecule has 0 aliphatic heterocycles. The van der Waals surface area contributed by atoms with E-state index in [9.17, 15) is 9.50 Å². The summed E-state index contributed by atoms with van der Waals surface area (Å²) in [6.45, 7) is 1.73. The van der Waals surface area contributed by atoms with Gasteiger partial charge < -0.3 is 9.84 Å². The van der Waals surface area contributed by atoms with Gasteiger partial charge in [-0.1, -0.05) is 18.2 Å². The Balaban J connectivity index is 1.97. The van der Waals surface area contributed by atoms with Crippen molar-refractivity contribution in [1.82, 2.24) is 0 Å². The van der Waals surface area contributed by atoms with E-state index in [2.05, 4.69) is 0 Å². The summed E-state index contributed by atoms with van der Waals surface area (Å²) in [5.74, 6) is 0.519. The lowest BCUT2D eigenvalue weighted by molar-refractivity contribution is 0.0219. The van der Waals surface area contributed by atoms with Crippen LogP contribution in [0.25, 0.3) is 0 Å². The van der Waals surface area contributed by atoms with Crippen LogP contribution in [0.1, 0.15) is 28.7 Å². The topological polar surface area (TPSA) is 29.5 Å². The smallest absolute Gasteiger partial charge is 0.126 e. The average molecular weight is 286 g/mol. The maximum Gasteiger partial charge on any atom is 0.126 e. The molecular formula is C18H19FO2. The largest absolute Gasteiger partial charge is 0.497 e. The van der Waals surface area contributed by atoms with E-state index < -0.39 is 5.60 Å². The van der Waals surface area contributed by atoms with Gasteiger partial charge in [0.15, 0.2) is 0 Å². The molecule has 0 saturated heterocycles. The van der Waals surface area contributed by atoms with Crippen LogP contribution in [0.4, 0.5) is 4.39 Å². The van der Waals surface area contributed by atoms with E-state index in [1.54, 1.807) is 20.1 Å². The molecule has 0 aromatic heterocycles. The van der Waals surface area contributed by atoms with E-state index in [0.717, 1.165) is 17.7 Å². The van der Waals surface area contributed by atoms with Crippen molar-refractivity contribution >= 4 is 0 Å². The quantitative estimate of drug-likeness (QED) is 0.915. The third kappa shape index (κ3) is 2.54. The summed E-state index contributed by atoms with van der Waals surface area (Å²) in [6.07, 6.45) is 1.88. The predicted octanol–water partition coefficient (Wildman–Crippen LogP) is 3.52. The summed E-state index contributed by atoms with van der Waals surface area (Å²) in [7, 11) is 1.63. The highest BCUT2D eigenvalue weighted by molar-refractivity contribution is 5.41. The molecule has 2 aromatic rings. The first-order chi connectivity index (χ1) is 10.0. The first-order valence-corrected chi connectivity index (χ1v) is 7.17. The van der Waals surface area contributed by atoms with Gasteiger partial charge in [0.1, 0.15) is 11.6 Å². The Morgan fingerprint density at radius 3 is 2.67 bits per heavy atom. The Kier molecular flexibility index (Phi) is 3.46. The number of methoxy groups -OCH3 is 1. The van der Waals surface area contributed by atoms with Gasteiger partial charge >= 0.3 is 0 Å². The highest BCUT2D eigenvalue weighted by atomic mass is 19.1. The van der Waals surface area contributed by atoms with Crippen molar-refractivity contribution in [2.24, 2.45) is 0 Å². The number of ether oxygens (including phenoxy) is 1. The number of aliphatic hydroxyl groups is 1. The highest BCUT2D eigenvalue weighted by Crippen LogP contribution is 2.38. The maximum absolute atomic E-state index is 13.8. The number of benzene rings is 2. The summed E-state index contributed by atoms with van der Waals surface area (Å²) in [5, 5.41) is 11.0. The van der Waals surface area contributed by atoms with E-state index in [0.29, 0.717) is 24.0 Å². The Morgan fingerprint density at radius 2 is 1.95 bits per heavy atom. The lowest BCUT2D eigenvalue weighted by Crippen LogP contribution is -2.33. The first kappa shape index (κ1) is 14.1. The zero-order chi connectivity index (χ0) is 15.0. The Morgan fingerprint density at radius 1 is 1.14 bits per heavy atom. The molecule has 0 bridgehead atoms. The molecule has 0 heterocycles. The van der Waals surface area contributed by atoms with E-state index >= 15 is 0 Å². The second-order valence-corrected chi connectivity index (χ2v) is 5.81. The van der Waals surface area contributed by atoms with Gasteiger partial charge in [-0.3, -0.25) is 0 Å². The van der Waals surface area contributed by atoms with Crippen LogP contribution in [-0.2, 0) is 18.4 Å². The lowest BCUT2D eigenvalue weighted by atomic mass is 9.76. The van der Waals surface area contributed by atoms with Crippen molar-refractivity contribution < 1.29 is 14.2 Å². The van der Waals surface area contributed by atoms with Gasteiger partial charge in [0.05, 0.1) is 12.7 Å². The normalized spacial score (nSPS) is 21.0. The van der Waals surface area contributed by atoms with Gasteiger partial charge in [-0.15, -0.1) is 0 Å². The van der Waals surface area contributed by atoms with Crippen molar-refractivity contribution in [3.63, 3.8) is 0 Å². The fourth-order valence-electron chi connectivity index (χ4n) is 3.01. The number of aryl methyl sites for hydroxylation is 2. The molecule has 2 aromatic carbocycles. The van der Waals surface area contributed by atoms with Gasteiger partial charge in [-0.25, -0.2) is 4.39 Å².